The van der Waals surface area contributed by atoms with Crippen LogP contribution in [0.2, 0.25) is 0 Å². The minimum Gasteiger partial charge on any atom is -0.294 e. The standard InChI is InChI=1S/C13H20O/c1-4-6-10(3)9-11(5-2)13(14)12-7-8-12/h5,9,12H,4,6-8H2,1-3H3/b10-9+,11-5+. The average Bonchev–Trinajstić information content (AvgIpc) is 2.96. The van der Waals surface area contributed by atoms with Crippen molar-refractivity contribution in [3.8, 4) is 0 Å². The molecule has 1 fully saturated rings. The molecule has 1 nitrogen and oxygen atoms in total. The highest BCUT2D eigenvalue weighted by molar-refractivity contribution is 6.01. The van der Waals surface area contributed by atoms with Gasteiger partial charge in [0, 0.05) is 11.5 Å². The van der Waals surface area contributed by atoms with Crippen LogP contribution in [0.4, 0.5) is 0 Å². The molecule has 1 aliphatic carbocycles. The minimum absolute atomic E-state index is 0.340. The maximum absolute atomic E-state index is 11.8. The SMILES string of the molecule is C/C=C(\C=C(/C)CCC)C(=O)C1CC1. The molecule has 0 unspecified atom stereocenters. The largest absolute Gasteiger partial charge is 0.294 e. The normalized spacial score (nSPS) is 18.5. The maximum atomic E-state index is 11.8. The van der Waals surface area contributed by atoms with E-state index in [4.69, 9.17) is 0 Å². The average molecular weight is 192 g/mol. The molecule has 0 N–H and O–H groups in total. The third-order valence-corrected chi connectivity index (χ3v) is 2.59. The van der Waals surface area contributed by atoms with E-state index in [1.807, 2.05) is 13.0 Å². The Labute approximate surface area is 86.9 Å². The van der Waals surface area contributed by atoms with Gasteiger partial charge < -0.3 is 0 Å². The molecular weight excluding hydrogens is 172 g/mol. The van der Waals surface area contributed by atoms with Gasteiger partial charge in [0.1, 0.15) is 0 Å². The van der Waals surface area contributed by atoms with E-state index in [1.54, 1.807) is 0 Å². The molecule has 0 radical (unpaired) electrons. The topological polar surface area (TPSA) is 17.1 Å². The van der Waals surface area contributed by atoms with Crippen LogP contribution in [0.15, 0.2) is 23.3 Å². The molecule has 1 heteroatoms. The van der Waals surface area contributed by atoms with E-state index in [0.717, 1.165) is 31.3 Å². The predicted molar refractivity (Wildman–Crippen MR) is 60.2 cm³/mol. The first kappa shape index (κ1) is 11.2. The molecule has 0 aliphatic heterocycles. The summed E-state index contributed by atoms with van der Waals surface area (Å²) in [4.78, 5) is 11.8. The van der Waals surface area contributed by atoms with Gasteiger partial charge in [-0.2, -0.15) is 0 Å². The highest BCUT2D eigenvalue weighted by atomic mass is 16.1. The van der Waals surface area contributed by atoms with Crippen molar-refractivity contribution < 1.29 is 4.79 Å². The summed E-state index contributed by atoms with van der Waals surface area (Å²) in [6, 6.07) is 0. The maximum Gasteiger partial charge on any atom is 0.165 e. The number of carbonyl (C=O) groups is 1. The lowest BCUT2D eigenvalue weighted by Crippen LogP contribution is -2.02. The Morgan fingerprint density at radius 1 is 1.43 bits per heavy atom. The summed E-state index contributed by atoms with van der Waals surface area (Å²) in [5.74, 6) is 0.690. The molecule has 0 aromatic rings. The number of ketones is 1. The molecule has 0 saturated heterocycles. The zero-order valence-electron chi connectivity index (χ0n) is 9.47. The van der Waals surface area contributed by atoms with Gasteiger partial charge in [0.15, 0.2) is 5.78 Å². The van der Waals surface area contributed by atoms with Gasteiger partial charge in [0.05, 0.1) is 0 Å². The van der Waals surface area contributed by atoms with Crippen molar-refractivity contribution in [2.45, 2.75) is 46.5 Å². The fourth-order valence-electron chi connectivity index (χ4n) is 1.61. The summed E-state index contributed by atoms with van der Waals surface area (Å²) >= 11 is 0. The zero-order chi connectivity index (χ0) is 10.6. The van der Waals surface area contributed by atoms with Crippen LogP contribution in [0.3, 0.4) is 0 Å². The number of Topliss-reactive ketones (excluding diaryl/α,β-unsaturated/α-hetero) is 1. The van der Waals surface area contributed by atoms with Crippen LogP contribution < -0.4 is 0 Å². The second kappa shape index (κ2) is 5.14. The van der Waals surface area contributed by atoms with E-state index in [-0.39, 0.29) is 0 Å². The Balaban J connectivity index is 2.62. The van der Waals surface area contributed by atoms with Crippen molar-refractivity contribution in [1.82, 2.24) is 0 Å². The minimum atomic E-state index is 0.340. The fourth-order valence-corrected chi connectivity index (χ4v) is 1.61. The first-order chi connectivity index (χ1) is 6.69. The predicted octanol–water partition coefficient (Wildman–Crippen LogP) is 3.66. The van der Waals surface area contributed by atoms with Gasteiger partial charge in [-0.15, -0.1) is 0 Å². The van der Waals surface area contributed by atoms with Gasteiger partial charge in [-0.05, 0) is 33.1 Å². The first-order valence-corrected chi connectivity index (χ1v) is 5.56. The molecule has 14 heavy (non-hydrogen) atoms. The van der Waals surface area contributed by atoms with Crippen molar-refractivity contribution in [1.29, 1.82) is 0 Å². The molecule has 0 bridgehead atoms. The number of hydrogen-bond donors (Lipinski definition) is 0. The molecule has 1 rings (SSSR count). The van der Waals surface area contributed by atoms with E-state index in [2.05, 4.69) is 19.9 Å². The third-order valence-electron chi connectivity index (χ3n) is 2.59. The summed E-state index contributed by atoms with van der Waals surface area (Å²) in [7, 11) is 0. The van der Waals surface area contributed by atoms with Crippen molar-refractivity contribution in [2.24, 2.45) is 5.92 Å². The van der Waals surface area contributed by atoms with Crippen molar-refractivity contribution >= 4 is 5.78 Å². The van der Waals surface area contributed by atoms with E-state index in [1.165, 1.54) is 5.57 Å². The summed E-state index contributed by atoms with van der Waals surface area (Å²) in [6.45, 7) is 6.22. The van der Waals surface area contributed by atoms with Gasteiger partial charge in [0.2, 0.25) is 0 Å². The summed E-state index contributed by atoms with van der Waals surface area (Å²) in [5.41, 5.74) is 2.23. The highest BCUT2D eigenvalue weighted by Gasteiger charge is 2.30. The lowest BCUT2D eigenvalue weighted by atomic mass is 10.0. The first-order valence-electron chi connectivity index (χ1n) is 5.56. The molecule has 78 valence electrons. The molecule has 0 aromatic carbocycles. The van der Waals surface area contributed by atoms with Crippen molar-refractivity contribution in [3.05, 3.63) is 23.3 Å². The van der Waals surface area contributed by atoms with E-state index < -0.39 is 0 Å². The van der Waals surface area contributed by atoms with Gasteiger partial charge in [-0.3, -0.25) is 4.79 Å². The van der Waals surface area contributed by atoms with E-state index >= 15 is 0 Å². The third kappa shape index (κ3) is 3.13. The molecular formula is C13H20O. The van der Waals surface area contributed by atoms with Crippen LogP contribution in [0.5, 0.6) is 0 Å². The number of carbonyl (C=O) groups excluding carboxylic acids is 1. The lowest BCUT2D eigenvalue weighted by Gasteiger charge is -2.02. The van der Waals surface area contributed by atoms with Crippen LogP contribution in [-0.4, -0.2) is 5.78 Å². The zero-order valence-corrected chi connectivity index (χ0v) is 9.47. The van der Waals surface area contributed by atoms with Crippen LogP contribution in [0.25, 0.3) is 0 Å². The van der Waals surface area contributed by atoms with Crippen LogP contribution >= 0.6 is 0 Å². The summed E-state index contributed by atoms with van der Waals surface area (Å²) < 4.78 is 0. The smallest absolute Gasteiger partial charge is 0.165 e. The molecule has 0 atom stereocenters. The molecule has 0 aromatic heterocycles. The Morgan fingerprint density at radius 3 is 2.50 bits per heavy atom. The van der Waals surface area contributed by atoms with Crippen LogP contribution in [-0.2, 0) is 4.79 Å². The Morgan fingerprint density at radius 2 is 2.07 bits per heavy atom. The van der Waals surface area contributed by atoms with Gasteiger partial charge in [-0.25, -0.2) is 0 Å². The second-order valence-electron chi connectivity index (χ2n) is 4.12. The molecule has 1 aliphatic rings. The Bertz CT molecular complexity index is 267. The van der Waals surface area contributed by atoms with Crippen LogP contribution in [0, 0.1) is 5.92 Å². The Hall–Kier alpha value is -0.850. The monoisotopic (exact) mass is 192 g/mol. The fraction of sp³-hybridized carbons (Fsp3) is 0.615. The number of rotatable bonds is 5. The number of allylic oxidation sites excluding steroid dienone is 4. The second-order valence-corrected chi connectivity index (χ2v) is 4.12. The van der Waals surface area contributed by atoms with Crippen molar-refractivity contribution in [2.75, 3.05) is 0 Å². The molecule has 0 spiro atoms. The highest BCUT2D eigenvalue weighted by Crippen LogP contribution is 2.32. The van der Waals surface area contributed by atoms with Gasteiger partial charge in [-0.1, -0.05) is 31.1 Å². The quantitative estimate of drug-likeness (QED) is 0.480. The van der Waals surface area contributed by atoms with Gasteiger partial charge >= 0.3 is 0 Å². The molecule has 0 amide bonds. The lowest BCUT2D eigenvalue weighted by molar-refractivity contribution is -0.116. The summed E-state index contributed by atoms with van der Waals surface area (Å²) in [6.07, 6.45) is 8.43. The Kier molecular flexibility index (Phi) is 4.12. The summed E-state index contributed by atoms with van der Waals surface area (Å²) in [5, 5.41) is 0. The van der Waals surface area contributed by atoms with E-state index in [9.17, 15) is 4.79 Å². The van der Waals surface area contributed by atoms with Crippen LogP contribution in [0.1, 0.15) is 46.5 Å². The number of hydrogen-bond acceptors (Lipinski definition) is 1. The molecule has 1 saturated carbocycles. The van der Waals surface area contributed by atoms with Crippen molar-refractivity contribution in [3.63, 3.8) is 0 Å². The molecule has 0 heterocycles. The van der Waals surface area contributed by atoms with Gasteiger partial charge in [0.25, 0.3) is 0 Å². The van der Waals surface area contributed by atoms with E-state index in [0.29, 0.717) is 11.7 Å².